The van der Waals surface area contributed by atoms with Gasteiger partial charge in [-0.2, -0.15) is 5.26 Å². The molecular weight excluding hydrogens is 429 g/mol. The number of hydrogen-bond acceptors (Lipinski definition) is 4. The summed E-state index contributed by atoms with van der Waals surface area (Å²) in [6, 6.07) is 10.1. The molecule has 1 aromatic carbocycles. The van der Waals surface area contributed by atoms with Crippen molar-refractivity contribution in [2.75, 3.05) is 39.4 Å². The van der Waals surface area contributed by atoms with Crippen molar-refractivity contribution in [2.24, 2.45) is 4.99 Å². The second-order valence-electron chi connectivity index (χ2n) is 5.88. The number of nitrogens with one attached hydrogen (secondary N) is 2. The molecule has 7 heteroatoms. The number of halogens is 1. The number of guanidine groups is 1. The van der Waals surface area contributed by atoms with E-state index in [0.717, 1.165) is 50.9 Å². The predicted molar refractivity (Wildman–Crippen MR) is 111 cm³/mol. The monoisotopic (exact) mass is 457 g/mol. The summed E-state index contributed by atoms with van der Waals surface area (Å²) in [7, 11) is 0. The second-order valence-corrected chi connectivity index (χ2v) is 5.88. The molecule has 1 atom stereocenters. The fraction of sp³-hybridized carbons (Fsp3) is 0.556. The van der Waals surface area contributed by atoms with Crippen molar-refractivity contribution < 1.29 is 4.74 Å². The molecule has 6 nitrogen and oxygen atoms in total. The van der Waals surface area contributed by atoms with Gasteiger partial charge in [-0.05, 0) is 31.5 Å². The van der Waals surface area contributed by atoms with E-state index in [-0.39, 0.29) is 24.0 Å². The van der Waals surface area contributed by atoms with Gasteiger partial charge < -0.3 is 15.4 Å². The van der Waals surface area contributed by atoms with Crippen LogP contribution < -0.4 is 10.6 Å². The van der Waals surface area contributed by atoms with Crippen LogP contribution in [0.5, 0.6) is 0 Å². The number of hydrogen-bond donors (Lipinski definition) is 2. The number of aliphatic imine (C=N–C) groups is 1. The lowest BCUT2D eigenvalue weighted by Crippen LogP contribution is -2.49. The zero-order valence-corrected chi connectivity index (χ0v) is 17.3. The Bertz CT molecular complexity index is 564. The Morgan fingerprint density at radius 2 is 1.96 bits per heavy atom. The summed E-state index contributed by atoms with van der Waals surface area (Å²) in [6.45, 7) is 10.2. The highest BCUT2D eigenvalue weighted by Crippen LogP contribution is 2.05. The number of rotatable bonds is 6. The number of nitrogens with zero attached hydrogens (tertiary/aromatic N) is 3. The molecule has 1 aliphatic rings. The molecule has 0 radical (unpaired) electrons. The van der Waals surface area contributed by atoms with E-state index in [4.69, 9.17) is 10.00 Å². The third-order valence-corrected chi connectivity index (χ3v) is 4.08. The molecule has 25 heavy (non-hydrogen) atoms. The Morgan fingerprint density at radius 3 is 2.56 bits per heavy atom. The van der Waals surface area contributed by atoms with Crippen LogP contribution in [0.4, 0.5) is 0 Å². The largest absolute Gasteiger partial charge is 0.379 e. The average molecular weight is 457 g/mol. The van der Waals surface area contributed by atoms with Crippen LogP contribution in [0.2, 0.25) is 0 Å². The van der Waals surface area contributed by atoms with Crippen LogP contribution >= 0.6 is 24.0 Å². The van der Waals surface area contributed by atoms with E-state index in [9.17, 15) is 0 Å². The molecule has 0 spiro atoms. The number of nitriles is 1. The maximum atomic E-state index is 8.84. The summed E-state index contributed by atoms with van der Waals surface area (Å²) in [5, 5.41) is 15.5. The maximum absolute atomic E-state index is 8.84. The fourth-order valence-corrected chi connectivity index (χ4v) is 2.59. The molecular formula is C18H28IN5O. The Morgan fingerprint density at radius 1 is 1.28 bits per heavy atom. The van der Waals surface area contributed by atoms with E-state index in [1.54, 1.807) is 0 Å². The van der Waals surface area contributed by atoms with Crippen molar-refractivity contribution in [3.05, 3.63) is 35.4 Å². The highest BCUT2D eigenvalue weighted by Gasteiger charge is 2.16. The van der Waals surface area contributed by atoms with Gasteiger partial charge in [-0.3, -0.25) is 4.90 Å². The van der Waals surface area contributed by atoms with E-state index in [2.05, 4.69) is 40.4 Å². The summed E-state index contributed by atoms with van der Waals surface area (Å²) in [5.74, 6) is 0.821. The maximum Gasteiger partial charge on any atom is 0.191 e. The highest BCUT2D eigenvalue weighted by molar-refractivity contribution is 14.0. The molecule has 0 bridgehead atoms. The first-order chi connectivity index (χ1) is 11.7. The Hall–Kier alpha value is -1.37. The lowest BCUT2D eigenvalue weighted by molar-refractivity contribution is 0.0211. The van der Waals surface area contributed by atoms with Crippen LogP contribution in [0.1, 0.15) is 25.0 Å². The van der Waals surface area contributed by atoms with E-state index in [1.165, 1.54) is 0 Å². The lowest BCUT2D eigenvalue weighted by Gasteiger charge is -2.32. The Kier molecular flexibility index (Phi) is 10.5. The third-order valence-electron chi connectivity index (χ3n) is 4.08. The first-order valence-corrected chi connectivity index (χ1v) is 8.56. The van der Waals surface area contributed by atoms with Gasteiger partial charge in [0.05, 0.1) is 31.4 Å². The lowest BCUT2D eigenvalue weighted by atomic mass is 10.1. The molecule has 0 aromatic heterocycles. The minimum atomic E-state index is 0. The highest BCUT2D eigenvalue weighted by atomic mass is 127. The predicted octanol–water partition coefficient (Wildman–Crippen LogP) is 1.95. The fourth-order valence-electron chi connectivity index (χ4n) is 2.59. The summed E-state index contributed by atoms with van der Waals surface area (Å²) >= 11 is 0. The van der Waals surface area contributed by atoms with Crippen molar-refractivity contribution in [1.82, 2.24) is 15.5 Å². The van der Waals surface area contributed by atoms with Gasteiger partial charge in [-0.1, -0.05) is 12.1 Å². The summed E-state index contributed by atoms with van der Waals surface area (Å²) in [4.78, 5) is 7.06. The van der Waals surface area contributed by atoms with Crippen molar-refractivity contribution in [1.29, 1.82) is 5.26 Å². The van der Waals surface area contributed by atoms with E-state index in [0.29, 0.717) is 18.2 Å². The average Bonchev–Trinajstić information content (AvgIpc) is 2.65. The first-order valence-electron chi connectivity index (χ1n) is 8.56. The zero-order chi connectivity index (χ0) is 17.2. The molecule has 0 saturated carbocycles. The van der Waals surface area contributed by atoms with Gasteiger partial charge >= 0.3 is 0 Å². The van der Waals surface area contributed by atoms with Gasteiger partial charge in [0.25, 0.3) is 0 Å². The number of ether oxygens (including phenoxy) is 1. The topological polar surface area (TPSA) is 72.7 Å². The minimum Gasteiger partial charge on any atom is -0.379 e. The van der Waals surface area contributed by atoms with Crippen LogP contribution in [0.15, 0.2) is 29.3 Å². The molecule has 138 valence electrons. The van der Waals surface area contributed by atoms with Crippen LogP contribution in [-0.4, -0.2) is 56.3 Å². The van der Waals surface area contributed by atoms with Crippen LogP contribution in [-0.2, 0) is 11.3 Å². The molecule has 1 fully saturated rings. The third kappa shape index (κ3) is 7.59. The van der Waals surface area contributed by atoms with E-state index in [1.807, 2.05) is 24.3 Å². The molecule has 1 heterocycles. The summed E-state index contributed by atoms with van der Waals surface area (Å²) in [6.07, 6.45) is 0. The van der Waals surface area contributed by atoms with Crippen LogP contribution in [0, 0.1) is 11.3 Å². The van der Waals surface area contributed by atoms with Gasteiger partial charge in [0.1, 0.15) is 0 Å². The van der Waals surface area contributed by atoms with Crippen LogP contribution in [0.25, 0.3) is 0 Å². The molecule has 1 unspecified atom stereocenters. The molecule has 0 amide bonds. The zero-order valence-electron chi connectivity index (χ0n) is 15.0. The van der Waals surface area contributed by atoms with Gasteiger partial charge in [-0.25, -0.2) is 4.99 Å². The molecule has 2 rings (SSSR count). The Balaban J connectivity index is 0.00000312. The van der Waals surface area contributed by atoms with Crippen molar-refractivity contribution in [3.8, 4) is 6.07 Å². The van der Waals surface area contributed by atoms with Crippen molar-refractivity contribution in [3.63, 3.8) is 0 Å². The molecule has 1 aromatic rings. The number of morpholine rings is 1. The normalized spacial score (nSPS) is 16.4. The van der Waals surface area contributed by atoms with Crippen LogP contribution in [0.3, 0.4) is 0 Å². The van der Waals surface area contributed by atoms with E-state index < -0.39 is 0 Å². The molecule has 2 N–H and O–H groups in total. The van der Waals surface area contributed by atoms with E-state index >= 15 is 0 Å². The molecule has 0 aliphatic carbocycles. The summed E-state index contributed by atoms with van der Waals surface area (Å²) < 4.78 is 5.40. The first kappa shape index (κ1) is 21.7. The quantitative estimate of drug-likeness (QED) is 0.388. The molecule has 1 aliphatic heterocycles. The molecule has 1 saturated heterocycles. The van der Waals surface area contributed by atoms with Gasteiger partial charge in [0.2, 0.25) is 0 Å². The van der Waals surface area contributed by atoms with Crippen molar-refractivity contribution >= 4 is 29.9 Å². The van der Waals surface area contributed by atoms with Gasteiger partial charge in [0.15, 0.2) is 5.96 Å². The Labute approximate surface area is 167 Å². The second kappa shape index (κ2) is 12.1. The SMILES string of the molecule is CCNC(=NCc1ccc(C#N)cc1)NCC(C)N1CCOCC1.I. The summed E-state index contributed by atoms with van der Waals surface area (Å²) in [5.41, 5.74) is 1.76. The van der Waals surface area contributed by atoms with Gasteiger partial charge in [0, 0.05) is 32.2 Å². The minimum absolute atomic E-state index is 0. The number of benzene rings is 1. The van der Waals surface area contributed by atoms with Gasteiger partial charge in [-0.15, -0.1) is 24.0 Å². The van der Waals surface area contributed by atoms with Crippen molar-refractivity contribution in [2.45, 2.75) is 26.4 Å². The smallest absolute Gasteiger partial charge is 0.191 e. The standard InChI is InChI=1S/C18H27N5O.HI/c1-3-20-18(21-13-15(2)23-8-10-24-11-9-23)22-14-17-6-4-16(12-19)5-7-17;/h4-7,15H,3,8-11,13-14H2,1-2H3,(H2,20,21,22);1H.